The number of anilines is 1. The second-order valence-corrected chi connectivity index (χ2v) is 8.61. The zero-order valence-electron chi connectivity index (χ0n) is 19.8. The third-order valence-corrected chi connectivity index (χ3v) is 6.30. The Morgan fingerprint density at radius 1 is 0.943 bits per heavy atom. The van der Waals surface area contributed by atoms with Gasteiger partial charge >= 0.3 is 0 Å². The van der Waals surface area contributed by atoms with E-state index in [9.17, 15) is 23.2 Å². The molecule has 0 aromatic heterocycles. The SMILES string of the molecule is CCN(CC)C(=O)c1c(F)ccc(F)c1C(=O)N1CCCN(CC(=O)Nc2ccccc2Cl)CC1. The van der Waals surface area contributed by atoms with Crippen LogP contribution in [0.25, 0.3) is 0 Å². The average molecular weight is 507 g/mol. The molecule has 2 aromatic carbocycles. The number of carbonyl (C=O) groups is 3. The van der Waals surface area contributed by atoms with Gasteiger partial charge in [0.15, 0.2) is 0 Å². The minimum Gasteiger partial charge on any atom is -0.339 e. The first-order valence-corrected chi connectivity index (χ1v) is 12.0. The molecule has 7 nitrogen and oxygen atoms in total. The van der Waals surface area contributed by atoms with Gasteiger partial charge < -0.3 is 15.1 Å². The molecule has 0 unspecified atom stereocenters. The van der Waals surface area contributed by atoms with E-state index in [0.717, 1.165) is 12.1 Å². The molecule has 0 spiro atoms. The number of rotatable bonds is 7. The van der Waals surface area contributed by atoms with Crippen LogP contribution < -0.4 is 5.32 Å². The van der Waals surface area contributed by atoms with Gasteiger partial charge in [0.25, 0.3) is 11.8 Å². The van der Waals surface area contributed by atoms with Crippen molar-refractivity contribution in [1.82, 2.24) is 14.7 Å². The fraction of sp³-hybridized carbons (Fsp3) is 0.400. The van der Waals surface area contributed by atoms with Gasteiger partial charge in [-0.3, -0.25) is 19.3 Å². The lowest BCUT2D eigenvalue weighted by molar-refractivity contribution is -0.117. The molecule has 188 valence electrons. The highest BCUT2D eigenvalue weighted by Gasteiger charge is 2.31. The molecule has 1 aliphatic heterocycles. The van der Waals surface area contributed by atoms with Crippen molar-refractivity contribution in [3.63, 3.8) is 0 Å². The fourth-order valence-corrected chi connectivity index (χ4v) is 4.27. The van der Waals surface area contributed by atoms with Crippen molar-refractivity contribution in [2.45, 2.75) is 20.3 Å². The highest BCUT2D eigenvalue weighted by Crippen LogP contribution is 2.23. The van der Waals surface area contributed by atoms with Crippen LogP contribution in [0.5, 0.6) is 0 Å². The van der Waals surface area contributed by atoms with Crippen LogP contribution in [0.15, 0.2) is 36.4 Å². The van der Waals surface area contributed by atoms with Crippen LogP contribution in [0, 0.1) is 11.6 Å². The van der Waals surface area contributed by atoms with E-state index in [1.807, 2.05) is 4.90 Å². The number of hydrogen-bond acceptors (Lipinski definition) is 4. The van der Waals surface area contributed by atoms with E-state index in [1.54, 1.807) is 38.1 Å². The van der Waals surface area contributed by atoms with Crippen LogP contribution in [0.2, 0.25) is 5.02 Å². The maximum atomic E-state index is 14.8. The van der Waals surface area contributed by atoms with E-state index in [-0.39, 0.29) is 25.5 Å². The van der Waals surface area contributed by atoms with Gasteiger partial charge in [0.1, 0.15) is 11.6 Å². The van der Waals surface area contributed by atoms with Crippen LogP contribution in [-0.4, -0.2) is 78.2 Å². The second-order valence-electron chi connectivity index (χ2n) is 8.21. The summed E-state index contributed by atoms with van der Waals surface area (Å²) in [5.74, 6) is -3.57. The van der Waals surface area contributed by atoms with Gasteiger partial charge in [0, 0.05) is 39.3 Å². The summed E-state index contributed by atoms with van der Waals surface area (Å²) in [6, 6.07) is 8.64. The molecule has 0 saturated carbocycles. The first-order chi connectivity index (χ1) is 16.8. The van der Waals surface area contributed by atoms with Crippen molar-refractivity contribution in [2.24, 2.45) is 0 Å². The standard InChI is InChI=1S/C25H29ClF2N4O3/c1-3-31(4-2)24(34)22-18(27)10-11-19(28)23(22)25(35)32-13-7-12-30(14-15-32)16-21(33)29-20-9-6-5-8-17(20)26/h5-6,8-11H,3-4,7,12-16H2,1-2H3,(H,29,33). The van der Waals surface area contributed by atoms with Crippen LogP contribution >= 0.6 is 11.6 Å². The molecule has 1 heterocycles. The molecule has 0 bridgehead atoms. The predicted molar refractivity (Wildman–Crippen MR) is 131 cm³/mol. The van der Waals surface area contributed by atoms with E-state index in [0.29, 0.717) is 43.3 Å². The van der Waals surface area contributed by atoms with Crippen LogP contribution in [0.3, 0.4) is 0 Å². The molecule has 0 radical (unpaired) electrons. The van der Waals surface area contributed by atoms with E-state index < -0.39 is 34.6 Å². The molecule has 3 rings (SSSR count). The van der Waals surface area contributed by atoms with E-state index in [1.165, 1.54) is 9.80 Å². The van der Waals surface area contributed by atoms with Gasteiger partial charge in [0.05, 0.1) is 28.4 Å². The number of nitrogens with one attached hydrogen (secondary N) is 1. The Labute approximate surface area is 208 Å². The van der Waals surface area contributed by atoms with Gasteiger partial charge in [0.2, 0.25) is 5.91 Å². The zero-order valence-corrected chi connectivity index (χ0v) is 20.6. The quantitative estimate of drug-likeness (QED) is 0.618. The maximum Gasteiger partial charge on any atom is 0.257 e. The summed E-state index contributed by atoms with van der Waals surface area (Å²) < 4.78 is 29.5. The number of amides is 3. The van der Waals surface area contributed by atoms with Gasteiger partial charge in [-0.05, 0) is 44.5 Å². The van der Waals surface area contributed by atoms with Crippen LogP contribution in [-0.2, 0) is 4.79 Å². The summed E-state index contributed by atoms with van der Waals surface area (Å²) in [4.78, 5) is 43.3. The predicted octanol–water partition coefficient (Wildman–Crippen LogP) is 3.89. The monoisotopic (exact) mass is 506 g/mol. The van der Waals surface area contributed by atoms with Gasteiger partial charge in [-0.15, -0.1) is 0 Å². The Bertz CT molecular complexity index is 1090. The Hall–Kier alpha value is -3.04. The van der Waals surface area contributed by atoms with Gasteiger partial charge in [-0.1, -0.05) is 23.7 Å². The van der Waals surface area contributed by atoms with E-state index in [2.05, 4.69) is 5.32 Å². The molecule has 35 heavy (non-hydrogen) atoms. The van der Waals surface area contributed by atoms with Gasteiger partial charge in [-0.25, -0.2) is 8.78 Å². The molecule has 2 aromatic rings. The number of carbonyl (C=O) groups excluding carboxylic acids is 3. The second kappa shape index (κ2) is 12.1. The van der Waals surface area contributed by atoms with Crippen LogP contribution in [0.1, 0.15) is 41.0 Å². The normalized spacial score (nSPS) is 14.4. The molecule has 1 saturated heterocycles. The van der Waals surface area contributed by atoms with Gasteiger partial charge in [-0.2, -0.15) is 0 Å². The third-order valence-electron chi connectivity index (χ3n) is 5.97. The lowest BCUT2D eigenvalue weighted by atomic mass is 10.0. The minimum absolute atomic E-state index is 0.0906. The first-order valence-electron chi connectivity index (χ1n) is 11.6. The molecule has 10 heteroatoms. The number of benzene rings is 2. The number of nitrogens with zero attached hydrogens (tertiary/aromatic N) is 3. The summed E-state index contributed by atoms with van der Waals surface area (Å²) in [7, 11) is 0. The molecule has 0 aliphatic carbocycles. The van der Waals surface area contributed by atoms with Crippen molar-refractivity contribution in [1.29, 1.82) is 0 Å². The third kappa shape index (κ3) is 6.35. The molecule has 0 atom stereocenters. The Kier molecular flexibility index (Phi) is 9.17. The van der Waals surface area contributed by atoms with Crippen LogP contribution in [0.4, 0.5) is 14.5 Å². The summed E-state index contributed by atoms with van der Waals surface area (Å²) in [6.45, 7) is 5.53. The first kappa shape index (κ1) is 26.6. The molecular weight excluding hydrogens is 478 g/mol. The molecule has 3 amide bonds. The molecular formula is C25H29ClF2N4O3. The maximum absolute atomic E-state index is 14.8. The minimum atomic E-state index is -0.938. The van der Waals surface area contributed by atoms with E-state index in [4.69, 9.17) is 11.6 Å². The number of halogens is 3. The summed E-state index contributed by atoms with van der Waals surface area (Å²) in [5.41, 5.74) is -0.580. The number of hydrogen-bond donors (Lipinski definition) is 1. The van der Waals surface area contributed by atoms with Crippen molar-refractivity contribution in [2.75, 3.05) is 51.1 Å². The Morgan fingerprint density at radius 2 is 1.60 bits per heavy atom. The lowest BCUT2D eigenvalue weighted by Crippen LogP contribution is -2.39. The molecule has 1 aliphatic rings. The van der Waals surface area contributed by atoms with Crippen molar-refractivity contribution >= 4 is 35.0 Å². The largest absolute Gasteiger partial charge is 0.339 e. The van der Waals surface area contributed by atoms with Crippen molar-refractivity contribution in [3.8, 4) is 0 Å². The van der Waals surface area contributed by atoms with Crippen molar-refractivity contribution < 1.29 is 23.2 Å². The lowest BCUT2D eigenvalue weighted by Gasteiger charge is -2.25. The smallest absolute Gasteiger partial charge is 0.257 e. The summed E-state index contributed by atoms with van der Waals surface area (Å²) in [5, 5.41) is 3.20. The zero-order chi connectivity index (χ0) is 25.5. The molecule has 1 fully saturated rings. The molecule has 1 N–H and O–H groups in total. The Morgan fingerprint density at radius 3 is 2.26 bits per heavy atom. The fourth-order valence-electron chi connectivity index (χ4n) is 4.08. The van der Waals surface area contributed by atoms with Crippen molar-refractivity contribution in [3.05, 3.63) is 64.2 Å². The highest BCUT2D eigenvalue weighted by atomic mass is 35.5. The van der Waals surface area contributed by atoms with E-state index >= 15 is 0 Å². The number of para-hydroxylation sites is 1. The highest BCUT2D eigenvalue weighted by molar-refractivity contribution is 6.33. The average Bonchev–Trinajstić information content (AvgIpc) is 3.07. The Balaban J connectivity index is 1.72. The topological polar surface area (TPSA) is 73.0 Å². The summed E-state index contributed by atoms with van der Waals surface area (Å²) >= 11 is 6.09. The summed E-state index contributed by atoms with van der Waals surface area (Å²) in [6.07, 6.45) is 0.529.